The minimum absolute atomic E-state index is 0.389. The minimum atomic E-state index is -0.389. The molecule has 3 aromatic heterocycles. The van der Waals surface area contributed by atoms with Crippen molar-refractivity contribution in [3.63, 3.8) is 0 Å². The summed E-state index contributed by atoms with van der Waals surface area (Å²) in [6.45, 7) is 0. The molecule has 0 unspecified atom stereocenters. The van der Waals surface area contributed by atoms with E-state index in [1.807, 2.05) is 17.5 Å². The van der Waals surface area contributed by atoms with Crippen LogP contribution in [0.4, 0.5) is 16.2 Å². The number of fused-ring (bicyclic) bond motifs is 1. The number of rotatable bonds is 4. The highest BCUT2D eigenvalue weighted by Crippen LogP contribution is 2.30. The van der Waals surface area contributed by atoms with Gasteiger partial charge in [0, 0.05) is 23.2 Å². The van der Waals surface area contributed by atoms with Crippen LogP contribution in [-0.4, -0.2) is 33.3 Å². The van der Waals surface area contributed by atoms with Gasteiger partial charge in [-0.25, -0.2) is 9.78 Å². The van der Waals surface area contributed by atoms with Crippen LogP contribution in [0.5, 0.6) is 5.75 Å². The summed E-state index contributed by atoms with van der Waals surface area (Å²) in [5, 5.41) is 15.9. The molecule has 4 aromatic rings. The molecule has 0 saturated carbocycles. The number of carbonyl (C=O) groups is 1. The number of ether oxygens (including phenoxy) is 1. The molecule has 0 fully saturated rings. The predicted octanol–water partition coefficient (Wildman–Crippen LogP) is 3.73. The van der Waals surface area contributed by atoms with E-state index in [2.05, 4.69) is 30.8 Å². The van der Waals surface area contributed by atoms with Crippen LogP contribution in [0, 0.1) is 0 Å². The number of hydrogen-bond acceptors (Lipinski definition) is 6. The third-order valence-corrected chi connectivity index (χ3v) is 4.53. The van der Waals surface area contributed by atoms with Crippen molar-refractivity contribution >= 4 is 39.6 Å². The van der Waals surface area contributed by atoms with E-state index in [-0.39, 0.29) is 6.03 Å². The molecule has 0 aliphatic carbocycles. The zero-order valence-corrected chi connectivity index (χ0v) is 14.5. The number of H-pyrrole nitrogens is 1. The first-order chi connectivity index (χ1) is 12.8. The van der Waals surface area contributed by atoms with Gasteiger partial charge in [-0.2, -0.15) is 5.10 Å². The molecule has 4 rings (SSSR count). The van der Waals surface area contributed by atoms with Gasteiger partial charge in [0.05, 0.1) is 24.7 Å². The van der Waals surface area contributed by atoms with Gasteiger partial charge in [0.1, 0.15) is 22.0 Å². The number of carbonyl (C=O) groups excluding carboxylic acids is 1. The van der Waals surface area contributed by atoms with Crippen molar-refractivity contribution in [1.29, 1.82) is 0 Å². The summed E-state index contributed by atoms with van der Waals surface area (Å²) >= 11 is 1.46. The van der Waals surface area contributed by atoms with Crippen LogP contribution >= 0.6 is 11.3 Å². The molecule has 26 heavy (non-hydrogen) atoms. The zero-order chi connectivity index (χ0) is 17.9. The lowest BCUT2D eigenvalue weighted by Gasteiger charge is -2.11. The van der Waals surface area contributed by atoms with E-state index in [4.69, 9.17) is 4.74 Å². The van der Waals surface area contributed by atoms with Gasteiger partial charge >= 0.3 is 6.03 Å². The first-order valence-corrected chi connectivity index (χ1v) is 8.57. The molecule has 0 bridgehead atoms. The van der Waals surface area contributed by atoms with Gasteiger partial charge in [0.15, 0.2) is 0 Å². The van der Waals surface area contributed by atoms with Gasteiger partial charge < -0.3 is 15.4 Å². The molecule has 3 heterocycles. The second-order valence-corrected chi connectivity index (χ2v) is 6.18. The number of nitrogens with zero attached hydrogens (tertiary/aromatic N) is 3. The monoisotopic (exact) mass is 366 g/mol. The minimum Gasteiger partial charge on any atom is -0.494 e. The summed E-state index contributed by atoms with van der Waals surface area (Å²) in [6.07, 6.45) is 4.92. The SMILES string of the molecule is COc1ccc(NC(=O)Nc2cn[nH]c2-c2nccs2)c2cccnc12. The van der Waals surface area contributed by atoms with Crippen molar-refractivity contribution in [2.75, 3.05) is 17.7 Å². The van der Waals surface area contributed by atoms with Crippen LogP contribution in [0.25, 0.3) is 21.6 Å². The van der Waals surface area contributed by atoms with Crippen molar-refractivity contribution in [3.8, 4) is 16.5 Å². The van der Waals surface area contributed by atoms with Gasteiger partial charge in [-0.05, 0) is 24.3 Å². The number of benzene rings is 1. The van der Waals surface area contributed by atoms with E-state index in [0.29, 0.717) is 28.3 Å². The molecule has 0 atom stereocenters. The quantitative estimate of drug-likeness (QED) is 0.510. The largest absolute Gasteiger partial charge is 0.494 e. The first kappa shape index (κ1) is 16.0. The molecular formula is C17H14N6O2S. The number of pyridine rings is 1. The number of methoxy groups -OCH3 is 1. The maximum absolute atomic E-state index is 12.5. The second-order valence-electron chi connectivity index (χ2n) is 5.29. The Morgan fingerprint density at radius 2 is 2.04 bits per heavy atom. The third-order valence-electron chi connectivity index (χ3n) is 3.73. The van der Waals surface area contributed by atoms with E-state index in [1.54, 1.807) is 37.8 Å². The smallest absolute Gasteiger partial charge is 0.323 e. The fourth-order valence-electron chi connectivity index (χ4n) is 2.59. The standard InChI is InChI=1S/C17H14N6O2S/c1-25-13-5-4-11(10-3-2-6-18-14(10)13)21-17(24)22-12-9-20-23-15(12)16-19-7-8-26-16/h2-9H,1H3,(H,20,23)(H2,21,22,24). The number of urea groups is 1. The van der Waals surface area contributed by atoms with Gasteiger partial charge in [-0.1, -0.05) is 0 Å². The van der Waals surface area contributed by atoms with E-state index >= 15 is 0 Å². The third kappa shape index (κ3) is 2.95. The van der Waals surface area contributed by atoms with Crippen molar-refractivity contribution in [2.24, 2.45) is 0 Å². The Bertz CT molecular complexity index is 1060. The summed E-state index contributed by atoms with van der Waals surface area (Å²) in [4.78, 5) is 21.0. The molecule has 0 aliphatic rings. The molecule has 0 aliphatic heterocycles. The molecule has 8 nitrogen and oxygen atoms in total. The van der Waals surface area contributed by atoms with Crippen molar-refractivity contribution in [3.05, 3.63) is 48.2 Å². The Balaban J connectivity index is 1.59. The highest BCUT2D eigenvalue weighted by molar-refractivity contribution is 7.13. The molecule has 0 radical (unpaired) electrons. The lowest BCUT2D eigenvalue weighted by molar-refractivity contribution is 0.262. The highest BCUT2D eigenvalue weighted by atomic mass is 32.1. The molecular weight excluding hydrogens is 352 g/mol. The number of amides is 2. The second kappa shape index (κ2) is 6.81. The van der Waals surface area contributed by atoms with E-state index in [9.17, 15) is 4.79 Å². The lowest BCUT2D eigenvalue weighted by Crippen LogP contribution is -2.19. The molecule has 130 valence electrons. The number of thiazole rings is 1. The molecule has 0 saturated heterocycles. The number of hydrogen-bond donors (Lipinski definition) is 3. The summed E-state index contributed by atoms with van der Waals surface area (Å²) in [6, 6.07) is 6.84. The van der Waals surface area contributed by atoms with Gasteiger partial charge in [-0.3, -0.25) is 10.1 Å². The van der Waals surface area contributed by atoms with Crippen LogP contribution < -0.4 is 15.4 Å². The number of anilines is 2. The highest BCUT2D eigenvalue weighted by Gasteiger charge is 2.14. The number of nitrogens with one attached hydrogen (secondary N) is 3. The molecule has 9 heteroatoms. The fraction of sp³-hybridized carbons (Fsp3) is 0.0588. The van der Waals surface area contributed by atoms with Crippen LogP contribution in [0.2, 0.25) is 0 Å². The van der Waals surface area contributed by atoms with Crippen LogP contribution in [-0.2, 0) is 0 Å². The van der Waals surface area contributed by atoms with Gasteiger partial charge in [0.2, 0.25) is 0 Å². The van der Waals surface area contributed by atoms with Gasteiger partial charge in [-0.15, -0.1) is 11.3 Å². The van der Waals surface area contributed by atoms with Crippen LogP contribution in [0.3, 0.4) is 0 Å². The van der Waals surface area contributed by atoms with Crippen molar-refractivity contribution in [1.82, 2.24) is 20.2 Å². The van der Waals surface area contributed by atoms with Crippen LogP contribution in [0.15, 0.2) is 48.2 Å². The molecule has 3 N–H and O–H groups in total. The molecule has 1 aromatic carbocycles. The normalized spacial score (nSPS) is 10.7. The first-order valence-electron chi connectivity index (χ1n) is 7.69. The van der Waals surface area contributed by atoms with E-state index in [0.717, 1.165) is 10.4 Å². The maximum atomic E-state index is 12.5. The van der Waals surface area contributed by atoms with E-state index in [1.165, 1.54) is 11.3 Å². The Kier molecular flexibility index (Phi) is 4.20. The Labute approximate surface area is 152 Å². The molecule has 0 spiro atoms. The summed E-state index contributed by atoms with van der Waals surface area (Å²) in [7, 11) is 1.59. The number of aromatic amines is 1. The average Bonchev–Trinajstić information content (AvgIpc) is 3.33. The van der Waals surface area contributed by atoms with E-state index < -0.39 is 0 Å². The topological polar surface area (TPSA) is 105 Å². The van der Waals surface area contributed by atoms with Crippen molar-refractivity contribution < 1.29 is 9.53 Å². The summed E-state index contributed by atoms with van der Waals surface area (Å²) in [5.74, 6) is 0.646. The van der Waals surface area contributed by atoms with Crippen molar-refractivity contribution in [2.45, 2.75) is 0 Å². The maximum Gasteiger partial charge on any atom is 0.323 e. The Hall–Kier alpha value is -3.46. The number of aromatic nitrogens is 4. The summed E-state index contributed by atoms with van der Waals surface area (Å²) in [5.41, 5.74) is 2.52. The Morgan fingerprint density at radius 1 is 1.15 bits per heavy atom. The molecule has 2 amide bonds. The summed E-state index contributed by atoms with van der Waals surface area (Å²) < 4.78 is 5.32. The average molecular weight is 366 g/mol. The zero-order valence-electron chi connectivity index (χ0n) is 13.7. The van der Waals surface area contributed by atoms with Crippen LogP contribution in [0.1, 0.15) is 0 Å². The fourth-order valence-corrected chi connectivity index (χ4v) is 3.23. The Morgan fingerprint density at radius 3 is 2.85 bits per heavy atom. The van der Waals surface area contributed by atoms with Gasteiger partial charge in [0.25, 0.3) is 0 Å². The lowest BCUT2D eigenvalue weighted by atomic mass is 10.1. The predicted molar refractivity (Wildman–Crippen MR) is 101 cm³/mol.